The Morgan fingerprint density at radius 1 is 1.15 bits per heavy atom. The Labute approximate surface area is 159 Å². The maximum atomic E-state index is 12.6. The number of benzene rings is 2. The number of amides is 2. The molecule has 0 unspecified atom stereocenters. The van der Waals surface area contributed by atoms with E-state index in [1.54, 1.807) is 24.0 Å². The molecule has 3 N–H and O–H groups in total. The van der Waals surface area contributed by atoms with Gasteiger partial charge in [-0.05, 0) is 49.1 Å². The Bertz CT molecular complexity index is 876. The first-order valence-electron chi connectivity index (χ1n) is 9.12. The minimum Gasteiger partial charge on any atom is -0.399 e. The highest BCUT2D eigenvalue weighted by Gasteiger charge is 2.22. The molecule has 2 amide bonds. The van der Waals surface area contributed by atoms with Gasteiger partial charge in [-0.15, -0.1) is 0 Å². The van der Waals surface area contributed by atoms with Gasteiger partial charge in [0, 0.05) is 30.8 Å². The van der Waals surface area contributed by atoms with Crippen LogP contribution in [-0.4, -0.2) is 24.1 Å². The topological polar surface area (TPSA) is 87.8 Å². The van der Waals surface area contributed by atoms with E-state index in [1.165, 1.54) is 5.56 Å². The van der Waals surface area contributed by atoms with Crippen LogP contribution in [0.15, 0.2) is 53.6 Å². The fraction of sp³-hybridized carbons (Fsp3) is 0.286. The van der Waals surface area contributed by atoms with Crippen LogP contribution in [0.1, 0.15) is 37.3 Å². The molecule has 0 bridgehead atoms. The molecule has 3 rings (SSSR count). The van der Waals surface area contributed by atoms with E-state index in [4.69, 9.17) is 5.73 Å². The first kappa shape index (κ1) is 18.6. The fourth-order valence-corrected chi connectivity index (χ4v) is 3.18. The zero-order valence-electron chi connectivity index (χ0n) is 15.4. The standard InChI is InChI=1S/C21H24N4O2/c1-15(17-7-4-9-18(22)14-17)23-24-20(26)11-12-21(27)25-13-5-8-16-6-2-3-10-19(16)25/h2-4,6-7,9-10,14H,5,8,11-13,22H2,1H3,(H,24,26). The molecule has 0 saturated carbocycles. The van der Waals surface area contributed by atoms with Crippen molar-refractivity contribution in [2.75, 3.05) is 17.2 Å². The molecule has 0 aliphatic carbocycles. The van der Waals surface area contributed by atoms with E-state index in [0.717, 1.165) is 24.1 Å². The number of aryl methyl sites for hydroxylation is 1. The highest BCUT2D eigenvalue weighted by molar-refractivity contribution is 6.00. The third kappa shape index (κ3) is 4.73. The molecule has 0 atom stereocenters. The van der Waals surface area contributed by atoms with Gasteiger partial charge in [0.2, 0.25) is 11.8 Å². The van der Waals surface area contributed by atoms with Crippen LogP contribution < -0.4 is 16.1 Å². The second kappa shape index (κ2) is 8.49. The number of nitrogens with two attached hydrogens (primary N) is 1. The van der Waals surface area contributed by atoms with Crippen LogP contribution in [0.2, 0.25) is 0 Å². The van der Waals surface area contributed by atoms with Crippen molar-refractivity contribution in [3.8, 4) is 0 Å². The molecule has 0 spiro atoms. The van der Waals surface area contributed by atoms with Gasteiger partial charge >= 0.3 is 0 Å². The molecular weight excluding hydrogens is 340 g/mol. The average Bonchev–Trinajstić information content (AvgIpc) is 2.69. The van der Waals surface area contributed by atoms with Crippen LogP contribution in [0.25, 0.3) is 0 Å². The van der Waals surface area contributed by atoms with E-state index >= 15 is 0 Å². The highest BCUT2D eigenvalue weighted by Crippen LogP contribution is 2.27. The summed E-state index contributed by atoms with van der Waals surface area (Å²) in [4.78, 5) is 26.4. The van der Waals surface area contributed by atoms with Gasteiger partial charge in [0.25, 0.3) is 0 Å². The largest absolute Gasteiger partial charge is 0.399 e. The number of carbonyl (C=O) groups is 2. The summed E-state index contributed by atoms with van der Waals surface area (Å²) in [6, 6.07) is 15.2. The number of carbonyl (C=O) groups excluding carboxylic acids is 2. The summed E-state index contributed by atoms with van der Waals surface area (Å²) in [6.07, 6.45) is 2.19. The lowest BCUT2D eigenvalue weighted by atomic mass is 10.0. The smallest absolute Gasteiger partial charge is 0.240 e. The minimum atomic E-state index is -0.281. The zero-order valence-corrected chi connectivity index (χ0v) is 15.4. The first-order chi connectivity index (χ1) is 13.0. The van der Waals surface area contributed by atoms with Crippen LogP contribution in [0.5, 0.6) is 0 Å². The van der Waals surface area contributed by atoms with Crippen LogP contribution in [-0.2, 0) is 16.0 Å². The first-order valence-corrected chi connectivity index (χ1v) is 9.12. The number of anilines is 2. The van der Waals surface area contributed by atoms with Crippen LogP contribution in [0.3, 0.4) is 0 Å². The summed E-state index contributed by atoms with van der Waals surface area (Å²) < 4.78 is 0. The molecule has 0 saturated heterocycles. The normalized spacial score (nSPS) is 13.8. The molecule has 6 heteroatoms. The SMILES string of the molecule is CC(=NNC(=O)CCC(=O)N1CCCc2ccccc21)c1cccc(N)c1. The number of fused-ring (bicyclic) bond motifs is 1. The highest BCUT2D eigenvalue weighted by atomic mass is 16.2. The molecule has 1 aliphatic heterocycles. The van der Waals surface area contributed by atoms with Crippen molar-refractivity contribution >= 4 is 28.9 Å². The molecular formula is C21H24N4O2. The summed E-state index contributed by atoms with van der Waals surface area (Å²) in [5.74, 6) is -0.314. The van der Waals surface area contributed by atoms with Crippen molar-refractivity contribution in [1.29, 1.82) is 0 Å². The maximum Gasteiger partial charge on any atom is 0.240 e. The number of nitrogens with zero attached hydrogens (tertiary/aromatic N) is 2. The maximum absolute atomic E-state index is 12.6. The van der Waals surface area contributed by atoms with Gasteiger partial charge in [-0.2, -0.15) is 5.10 Å². The van der Waals surface area contributed by atoms with Crippen molar-refractivity contribution in [3.63, 3.8) is 0 Å². The number of nitrogen functional groups attached to an aromatic ring is 1. The quantitative estimate of drug-likeness (QED) is 0.486. The van der Waals surface area contributed by atoms with Crippen LogP contribution >= 0.6 is 0 Å². The number of para-hydroxylation sites is 1. The van der Waals surface area contributed by atoms with E-state index in [2.05, 4.69) is 16.6 Å². The zero-order chi connectivity index (χ0) is 19.2. The molecule has 6 nitrogen and oxygen atoms in total. The van der Waals surface area contributed by atoms with Gasteiger partial charge in [0.05, 0.1) is 5.71 Å². The fourth-order valence-electron chi connectivity index (χ4n) is 3.18. The summed E-state index contributed by atoms with van der Waals surface area (Å²) in [7, 11) is 0. The van der Waals surface area contributed by atoms with E-state index in [1.807, 2.05) is 30.3 Å². The summed E-state index contributed by atoms with van der Waals surface area (Å²) in [5.41, 5.74) is 12.6. The molecule has 140 valence electrons. The Hall–Kier alpha value is -3.15. The number of nitrogens with one attached hydrogen (secondary N) is 1. The lowest BCUT2D eigenvalue weighted by molar-refractivity contribution is -0.125. The Morgan fingerprint density at radius 2 is 1.96 bits per heavy atom. The van der Waals surface area contributed by atoms with E-state index in [-0.39, 0.29) is 24.7 Å². The lowest BCUT2D eigenvalue weighted by Crippen LogP contribution is -2.36. The minimum absolute atomic E-state index is 0.0335. The second-order valence-corrected chi connectivity index (χ2v) is 6.64. The third-order valence-electron chi connectivity index (χ3n) is 4.63. The van der Waals surface area contributed by atoms with Crippen molar-refractivity contribution in [1.82, 2.24) is 5.43 Å². The number of hydrogen-bond acceptors (Lipinski definition) is 4. The van der Waals surface area contributed by atoms with Gasteiger partial charge in [0.15, 0.2) is 0 Å². The summed E-state index contributed by atoms with van der Waals surface area (Å²) >= 11 is 0. The van der Waals surface area contributed by atoms with E-state index in [0.29, 0.717) is 17.9 Å². The van der Waals surface area contributed by atoms with Gasteiger partial charge in [-0.25, -0.2) is 5.43 Å². The van der Waals surface area contributed by atoms with Crippen molar-refractivity contribution in [2.24, 2.45) is 5.10 Å². The predicted octanol–water partition coefficient (Wildman–Crippen LogP) is 2.87. The van der Waals surface area contributed by atoms with E-state index in [9.17, 15) is 9.59 Å². The lowest BCUT2D eigenvalue weighted by Gasteiger charge is -2.29. The second-order valence-electron chi connectivity index (χ2n) is 6.64. The van der Waals surface area contributed by atoms with Gasteiger partial charge < -0.3 is 10.6 Å². The molecule has 0 radical (unpaired) electrons. The Kier molecular flexibility index (Phi) is 5.86. The third-order valence-corrected chi connectivity index (χ3v) is 4.63. The molecule has 0 aromatic heterocycles. The summed E-state index contributed by atoms with van der Waals surface area (Å²) in [5, 5.41) is 4.10. The Balaban J connectivity index is 1.54. The monoisotopic (exact) mass is 364 g/mol. The predicted molar refractivity (Wildman–Crippen MR) is 108 cm³/mol. The van der Waals surface area contributed by atoms with Crippen LogP contribution in [0.4, 0.5) is 11.4 Å². The molecule has 0 fully saturated rings. The average molecular weight is 364 g/mol. The summed E-state index contributed by atoms with van der Waals surface area (Å²) in [6.45, 7) is 2.50. The number of hydrazone groups is 1. The van der Waals surface area contributed by atoms with Gasteiger partial charge in [0.1, 0.15) is 0 Å². The van der Waals surface area contributed by atoms with Gasteiger partial charge in [-0.1, -0.05) is 30.3 Å². The van der Waals surface area contributed by atoms with E-state index < -0.39 is 0 Å². The van der Waals surface area contributed by atoms with Crippen molar-refractivity contribution < 1.29 is 9.59 Å². The molecule has 1 aliphatic rings. The molecule has 1 heterocycles. The number of rotatable bonds is 5. The molecule has 2 aromatic rings. The van der Waals surface area contributed by atoms with Crippen molar-refractivity contribution in [3.05, 3.63) is 59.7 Å². The van der Waals surface area contributed by atoms with Gasteiger partial charge in [-0.3, -0.25) is 9.59 Å². The molecule has 27 heavy (non-hydrogen) atoms. The van der Waals surface area contributed by atoms with Crippen LogP contribution in [0, 0.1) is 0 Å². The van der Waals surface area contributed by atoms with Crippen molar-refractivity contribution in [2.45, 2.75) is 32.6 Å². The number of hydrogen-bond donors (Lipinski definition) is 2. The Morgan fingerprint density at radius 3 is 2.78 bits per heavy atom. The molecule has 2 aromatic carbocycles.